The number of carbonyl (C=O) groups excluding carboxylic acids is 2. The lowest BCUT2D eigenvalue weighted by Crippen LogP contribution is -2.52. The molecule has 0 radical (unpaired) electrons. The zero-order valence-corrected chi connectivity index (χ0v) is 23.7. The maximum atomic E-state index is 13.9. The Bertz CT molecular complexity index is 1440. The van der Waals surface area contributed by atoms with Crippen molar-refractivity contribution in [1.82, 2.24) is 20.3 Å². The average molecular weight is 577 g/mol. The van der Waals surface area contributed by atoms with Gasteiger partial charge in [0.15, 0.2) is 0 Å². The van der Waals surface area contributed by atoms with Gasteiger partial charge in [-0.25, -0.2) is 23.5 Å². The van der Waals surface area contributed by atoms with Crippen LogP contribution < -0.4 is 15.4 Å². The number of sulfonamides is 1. The lowest BCUT2D eigenvalue weighted by molar-refractivity contribution is -0.161. The van der Waals surface area contributed by atoms with Crippen LogP contribution in [-0.2, 0) is 24.3 Å². The Labute approximate surface area is 232 Å². The number of primary sulfonamides is 1. The predicted molar refractivity (Wildman–Crippen MR) is 149 cm³/mol. The molecule has 2 aromatic heterocycles. The van der Waals surface area contributed by atoms with Gasteiger partial charge in [0.1, 0.15) is 23.4 Å². The van der Waals surface area contributed by atoms with E-state index in [1.807, 2.05) is 6.07 Å². The second-order valence-electron chi connectivity index (χ2n) is 10.9. The van der Waals surface area contributed by atoms with Gasteiger partial charge in [-0.2, -0.15) is 0 Å². The monoisotopic (exact) mass is 576 g/mol. The highest BCUT2D eigenvalue weighted by atomic mass is 35.5. The van der Waals surface area contributed by atoms with E-state index in [-0.39, 0.29) is 6.42 Å². The molecule has 1 saturated heterocycles. The Kier molecular flexibility index (Phi) is 8.20. The van der Waals surface area contributed by atoms with Gasteiger partial charge in [0.2, 0.25) is 15.9 Å². The van der Waals surface area contributed by atoms with E-state index in [1.165, 1.54) is 6.33 Å². The quantitative estimate of drug-likeness (QED) is 0.345. The fraction of sp³-hybridized carbons (Fsp3) is 0.462. The van der Waals surface area contributed by atoms with E-state index in [9.17, 15) is 18.0 Å². The molecule has 1 aromatic carbocycles. The van der Waals surface area contributed by atoms with Crippen LogP contribution in [0.4, 0.5) is 5.82 Å². The minimum Gasteiger partial charge on any atom is -0.460 e. The number of anilines is 1. The summed E-state index contributed by atoms with van der Waals surface area (Å²) in [6.45, 7) is 6.17. The van der Waals surface area contributed by atoms with E-state index < -0.39 is 44.7 Å². The number of hydrogen-bond donors (Lipinski definition) is 3. The van der Waals surface area contributed by atoms with Crippen molar-refractivity contribution < 1.29 is 22.7 Å². The minimum absolute atomic E-state index is 0.157. The normalized spacial score (nSPS) is 16.6. The summed E-state index contributed by atoms with van der Waals surface area (Å²) < 4.78 is 29.7. The Balaban J connectivity index is 1.61. The number of esters is 1. The molecule has 3 heterocycles. The second kappa shape index (κ2) is 11.1. The summed E-state index contributed by atoms with van der Waals surface area (Å²) >= 11 is 6.01. The van der Waals surface area contributed by atoms with E-state index in [1.54, 1.807) is 51.2 Å². The number of benzene rings is 1. The van der Waals surface area contributed by atoms with Gasteiger partial charge >= 0.3 is 5.97 Å². The number of halogens is 1. The Hall–Kier alpha value is -3.22. The number of fused-ring (bicyclic) bond motifs is 1. The van der Waals surface area contributed by atoms with Gasteiger partial charge in [-0.15, -0.1) is 0 Å². The van der Waals surface area contributed by atoms with Gasteiger partial charge in [0, 0.05) is 24.3 Å². The highest BCUT2D eigenvalue weighted by Gasteiger charge is 2.45. The molecule has 11 nitrogen and oxygen atoms in total. The third kappa shape index (κ3) is 7.25. The number of carbonyl (C=O) groups is 2. The largest absolute Gasteiger partial charge is 0.460 e. The first-order valence-electron chi connectivity index (χ1n) is 12.6. The molecule has 1 aliphatic rings. The zero-order chi connectivity index (χ0) is 28.4. The Morgan fingerprint density at radius 1 is 1.18 bits per heavy atom. The van der Waals surface area contributed by atoms with Gasteiger partial charge < -0.3 is 19.9 Å². The summed E-state index contributed by atoms with van der Waals surface area (Å²) in [5.41, 5.74) is -0.623. The fourth-order valence-electron chi connectivity index (χ4n) is 4.86. The molecule has 0 aliphatic carbocycles. The van der Waals surface area contributed by atoms with Gasteiger partial charge in [-0.3, -0.25) is 9.59 Å². The van der Waals surface area contributed by atoms with Crippen molar-refractivity contribution in [3.63, 3.8) is 0 Å². The number of H-pyrrole nitrogens is 1. The van der Waals surface area contributed by atoms with Crippen LogP contribution in [0.25, 0.3) is 11.0 Å². The lowest BCUT2D eigenvalue weighted by atomic mass is 9.74. The molecule has 4 rings (SSSR count). The molecule has 210 valence electrons. The van der Waals surface area contributed by atoms with E-state index in [0.29, 0.717) is 42.2 Å². The lowest BCUT2D eigenvalue weighted by Gasteiger charge is -2.41. The molecule has 0 spiro atoms. The van der Waals surface area contributed by atoms with Gasteiger partial charge in [-0.1, -0.05) is 23.7 Å². The summed E-state index contributed by atoms with van der Waals surface area (Å²) in [5.74, 6) is -0.718. The van der Waals surface area contributed by atoms with Crippen LogP contribution >= 0.6 is 11.6 Å². The Morgan fingerprint density at radius 2 is 1.85 bits per heavy atom. The van der Waals surface area contributed by atoms with Crippen molar-refractivity contribution in [2.45, 2.75) is 51.7 Å². The van der Waals surface area contributed by atoms with Gasteiger partial charge in [0.05, 0.1) is 29.0 Å². The molecular formula is C26H33ClN6O5S. The standard InChI is InChI=1S/C26H33ClN6O5S/c1-25(2,3)38-21(34)14-26(9-12-33(13-10-26)23-19-8-11-29-22(19)30-16-31-23)24(35)32-20(15-39(28,36)37)17-4-6-18(27)7-5-17/h4-8,11,16,20H,9-10,12-15H2,1-3H3,(H,32,35)(H2,28,36,37)(H,29,30,31). The molecule has 4 N–H and O–H groups in total. The van der Waals surface area contributed by atoms with Crippen LogP contribution in [0.15, 0.2) is 42.9 Å². The molecule has 39 heavy (non-hydrogen) atoms. The number of nitrogens with two attached hydrogens (primary N) is 1. The summed E-state index contributed by atoms with van der Waals surface area (Å²) in [5, 5.41) is 9.56. The van der Waals surface area contributed by atoms with E-state index in [2.05, 4.69) is 25.2 Å². The van der Waals surface area contributed by atoms with Crippen molar-refractivity contribution in [1.29, 1.82) is 0 Å². The van der Waals surface area contributed by atoms with Crippen LogP contribution in [-0.4, -0.2) is 59.7 Å². The highest BCUT2D eigenvalue weighted by molar-refractivity contribution is 7.89. The number of aromatic amines is 1. The van der Waals surface area contributed by atoms with Crippen LogP contribution in [0.3, 0.4) is 0 Å². The number of rotatable bonds is 8. The molecule has 1 atom stereocenters. The number of ether oxygens (including phenoxy) is 1. The maximum Gasteiger partial charge on any atom is 0.307 e. The number of aromatic nitrogens is 3. The maximum absolute atomic E-state index is 13.9. The number of nitrogens with one attached hydrogen (secondary N) is 2. The number of nitrogens with zero attached hydrogens (tertiary/aromatic N) is 3. The van der Waals surface area contributed by atoms with Gasteiger partial charge in [0.25, 0.3) is 0 Å². The van der Waals surface area contributed by atoms with Crippen LogP contribution in [0, 0.1) is 5.41 Å². The first kappa shape index (κ1) is 28.8. The molecule has 1 amide bonds. The SMILES string of the molecule is CC(C)(C)OC(=O)CC1(C(=O)NC(CS(N)(=O)=O)c2ccc(Cl)cc2)CCN(c2ncnc3[nH]ccc23)CC1. The fourth-order valence-corrected chi connectivity index (χ4v) is 5.72. The Morgan fingerprint density at radius 3 is 2.46 bits per heavy atom. The van der Waals surface area contributed by atoms with Crippen molar-refractivity contribution >= 4 is 50.4 Å². The van der Waals surface area contributed by atoms with E-state index in [4.69, 9.17) is 21.5 Å². The van der Waals surface area contributed by atoms with Crippen molar-refractivity contribution in [2.24, 2.45) is 10.6 Å². The van der Waals surface area contributed by atoms with Gasteiger partial charge in [-0.05, 0) is 57.4 Å². The highest BCUT2D eigenvalue weighted by Crippen LogP contribution is 2.39. The molecule has 1 aliphatic heterocycles. The molecular weight excluding hydrogens is 544 g/mol. The molecule has 1 unspecified atom stereocenters. The number of piperidine rings is 1. The van der Waals surface area contributed by atoms with Crippen molar-refractivity contribution in [2.75, 3.05) is 23.7 Å². The first-order chi connectivity index (χ1) is 18.2. The zero-order valence-electron chi connectivity index (χ0n) is 22.1. The van der Waals surface area contributed by atoms with Crippen molar-refractivity contribution in [3.8, 4) is 0 Å². The number of hydrogen-bond acceptors (Lipinski definition) is 8. The summed E-state index contributed by atoms with van der Waals surface area (Å²) in [6.07, 6.45) is 3.74. The van der Waals surface area contributed by atoms with Crippen LogP contribution in [0.1, 0.15) is 51.6 Å². The second-order valence-corrected chi connectivity index (χ2v) is 13.0. The first-order valence-corrected chi connectivity index (χ1v) is 14.7. The third-order valence-corrected chi connectivity index (χ3v) is 7.76. The summed E-state index contributed by atoms with van der Waals surface area (Å²) in [6, 6.07) is 7.45. The minimum atomic E-state index is -3.95. The summed E-state index contributed by atoms with van der Waals surface area (Å²) in [4.78, 5) is 40.7. The molecule has 0 saturated carbocycles. The third-order valence-electron chi connectivity index (χ3n) is 6.71. The molecule has 1 fully saturated rings. The molecule has 3 aromatic rings. The number of amides is 1. The van der Waals surface area contributed by atoms with Crippen LogP contribution in [0.2, 0.25) is 5.02 Å². The topological polar surface area (TPSA) is 160 Å². The van der Waals surface area contributed by atoms with Crippen molar-refractivity contribution in [3.05, 3.63) is 53.4 Å². The van der Waals surface area contributed by atoms with Crippen LogP contribution in [0.5, 0.6) is 0 Å². The summed E-state index contributed by atoms with van der Waals surface area (Å²) in [7, 11) is -3.95. The average Bonchev–Trinajstić information content (AvgIpc) is 3.32. The smallest absolute Gasteiger partial charge is 0.307 e. The van der Waals surface area contributed by atoms with E-state index in [0.717, 1.165) is 11.2 Å². The van der Waals surface area contributed by atoms with E-state index >= 15 is 0 Å². The molecule has 13 heteroatoms. The molecule has 0 bridgehead atoms. The predicted octanol–water partition coefficient (Wildman–Crippen LogP) is 3.08.